The molecular formula is C26H24N4O3. The standard InChI is InChI=1S/C26H24N4O3/c1-18-7-9-20(10-8-18)25-29-23(17-33-25)15-16-27-26(32)30-22-13-11-19(12-14-22)24(31)28-21-5-3-2-4-6-21/h2-14,17H,15-16H2,1H3,(H,28,31)(H2,27,30,32). The van der Waals surface area contributed by atoms with Gasteiger partial charge in [0.25, 0.3) is 5.91 Å². The maximum Gasteiger partial charge on any atom is 0.319 e. The van der Waals surface area contributed by atoms with E-state index in [1.807, 2.05) is 61.5 Å². The number of hydrogen-bond donors (Lipinski definition) is 3. The molecule has 0 unspecified atom stereocenters. The Morgan fingerprint density at radius 1 is 0.848 bits per heavy atom. The average molecular weight is 441 g/mol. The van der Waals surface area contributed by atoms with E-state index in [1.165, 1.54) is 5.56 Å². The number of nitrogens with zero attached hydrogens (tertiary/aromatic N) is 1. The highest BCUT2D eigenvalue weighted by Crippen LogP contribution is 2.19. The van der Waals surface area contributed by atoms with Crippen LogP contribution in [0.1, 0.15) is 21.6 Å². The van der Waals surface area contributed by atoms with Crippen molar-refractivity contribution in [1.82, 2.24) is 10.3 Å². The van der Waals surface area contributed by atoms with Gasteiger partial charge in [-0.25, -0.2) is 9.78 Å². The third-order valence-electron chi connectivity index (χ3n) is 4.95. The van der Waals surface area contributed by atoms with Crippen LogP contribution in [0.4, 0.5) is 16.2 Å². The Labute approximate surface area is 191 Å². The lowest BCUT2D eigenvalue weighted by Crippen LogP contribution is -2.30. The van der Waals surface area contributed by atoms with Crippen LogP contribution in [0.25, 0.3) is 11.5 Å². The number of rotatable bonds is 7. The summed E-state index contributed by atoms with van der Waals surface area (Å²) >= 11 is 0. The second-order valence-electron chi connectivity index (χ2n) is 7.54. The number of nitrogens with one attached hydrogen (secondary N) is 3. The zero-order valence-electron chi connectivity index (χ0n) is 18.2. The molecule has 1 heterocycles. The largest absolute Gasteiger partial charge is 0.444 e. The fourth-order valence-corrected chi connectivity index (χ4v) is 3.16. The van der Waals surface area contributed by atoms with E-state index in [1.54, 1.807) is 30.5 Å². The summed E-state index contributed by atoms with van der Waals surface area (Å²) < 4.78 is 5.54. The maximum atomic E-state index is 12.3. The molecule has 3 amide bonds. The van der Waals surface area contributed by atoms with Crippen LogP contribution in [0.3, 0.4) is 0 Å². The van der Waals surface area contributed by atoms with Crippen molar-refractivity contribution in [3.05, 3.63) is 102 Å². The molecule has 0 fully saturated rings. The topological polar surface area (TPSA) is 96.3 Å². The Kier molecular flexibility index (Phi) is 6.80. The molecule has 4 aromatic rings. The van der Waals surface area contributed by atoms with Crippen LogP contribution in [0.15, 0.2) is 89.5 Å². The molecule has 1 aromatic heterocycles. The number of hydrogen-bond acceptors (Lipinski definition) is 4. The van der Waals surface area contributed by atoms with Gasteiger partial charge in [-0.1, -0.05) is 35.9 Å². The van der Waals surface area contributed by atoms with Crippen LogP contribution in [-0.4, -0.2) is 23.5 Å². The van der Waals surface area contributed by atoms with Crippen molar-refractivity contribution in [3.63, 3.8) is 0 Å². The van der Waals surface area contributed by atoms with Crippen molar-refractivity contribution in [3.8, 4) is 11.5 Å². The van der Waals surface area contributed by atoms with E-state index >= 15 is 0 Å². The van der Waals surface area contributed by atoms with Gasteiger partial charge in [-0.3, -0.25) is 4.79 Å². The monoisotopic (exact) mass is 440 g/mol. The first-order chi connectivity index (χ1) is 16.1. The summed E-state index contributed by atoms with van der Waals surface area (Å²) in [5.74, 6) is 0.348. The molecule has 4 rings (SSSR count). The molecule has 0 aliphatic carbocycles. The number of anilines is 2. The molecular weight excluding hydrogens is 416 g/mol. The van der Waals surface area contributed by atoms with Gasteiger partial charge in [0.2, 0.25) is 5.89 Å². The molecule has 7 nitrogen and oxygen atoms in total. The number of para-hydroxylation sites is 1. The van der Waals surface area contributed by atoms with Crippen molar-refractivity contribution in [1.29, 1.82) is 0 Å². The van der Waals surface area contributed by atoms with Crippen molar-refractivity contribution >= 4 is 23.3 Å². The van der Waals surface area contributed by atoms with E-state index in [0.717, 1.165) is 16.9 Å². The predicted molar refractivity (Wildman–Crippen MR) is 128 cm³/mol. The summed E-state index contributed by atoms with van der Waals surface area (Å²) in [7, 11) is 0. The highest BCUT2D eigenvalue weighted by atomic mass is 16.3. The van der Waals surface area contributed by atoms with Crippen molar-refractivity contribution in [2.75, 3.05) is 17.2 Å². The predicted octanol–water partition coefficient (Wildman–Crippen LogP) is 5.27. The Morgan fingerprint density at radius 2 is 1.55 bits per heavy atom. The van der Waals surface area contributed by atoms with Gasteiger partial charge in [0.05, 0.1) is 5.69 Å². The van der Waals surface area contributed by atoms with Crippen LogP contribution in [0, 0.1) is 6.92 Å². The molecule has 166 valence electrons. The number of carbonyl (C=O) groups excluding carboxylic acids is 2. The minimum absolute atomic E-state index is 0.213. The molecule has 33 heavy (non-hydrogen) atoms. The summed E-state index contributed by atoms with van der Waals surface area (Å²) in [6.45, 7) is 2.43. The van der Waals surface area contributed by atoms with Gasteiger partial charge in [-0.05, 0) is 55.5 Å². The van der Waals surface area contributed by atoms with Gasteiger partial charge in [0.1, 0.15) is 6.26 Å². The highest BCUT2D eigenvalue weighted by Gasteiger charge is 2.09. The Balaban J connectivity index is 1.23. The smallest absolute Gasteiger partial charge is 0.319 e. The van der Waals surface area contributed by atoms with Crippen LogP contribution < -0.4 is 16.0 Å². The zero-order valence-corrected chi connectivity index (χ0v) is 18.2. The van der Waals surface area contributed by atoms with Gasteiger partial charge >= 0.3 is 6.03 Å². The Bertz CT molecular complexity index is 1220. The van der Waals surface area contributed by atoms with Crippen LogP contribution in [0.5, 0.6) is 0 Å². The number of aromatic nitrogens is 1. The van der Waals surface area contributed by atoms with E-state index in [2.05, 4.69) is 20.9 Å². The first kappa shape index (κ1) is 21.8. The van der Waals surface area contributed by atoms with Gasteiger partial charge in [0.15, 0.2) is 0 Å². The third-order valence-corrected chi connectivity index (χ3v) is 4.95. The van der Waals surface area contributed by atoms with Crippen LogP contribution in [0.2, 0.25) is 0 Å². The second kappa shape index (κ2) is 10.3. The van der Waals surface area contributed by atoms with E-state index in [4.69, 9.17) is 4.42 Å². The van der Waals surface area contributed by atoms with Crippen molar-refractivity contribution < 1.29 is 14.0 Å². The van der Waals surface area contributed by atoms with Gasteiger partial charge < -0.3 is 20.4 Å². The lowest BCUT2D eigenvalue weighted by Gasteiger charge is -2.08. The minimum Gasteiger partial charge on any atom is -0.444 e. The SMILES string of the molecule is Cc1ccc(-c2nc(CCNC(=O)Nc3ccc(C(=O)Nc4ccccc4)cc3)co2)cc1. The molecule has 3 aromatic carbocycles. The van der Waals surface area contributed by atoms with Gasteiger partial charge in [0, 0.05) is 35.5 Å². The molecule has 0 aliphatic rings. The van der Waals surface area contributed by atoms with Crippen molar-refractivity contribution in [2.45, 2.75) is 13.3 Å². The number of benzene rings is 3. The molecule has 3 N–H and O–H groups in total. The zero-order chi connectivity index (χ0) is 23.0. The quantitative estimate of drug-likeness (QED) is 0.365. The molecule has 0 aliphatic heterocycles. The summed E-state index contributed by atoms with van der Waals surface area (Å²) in [4.78, 5) is 29.0. The molecule has 0 saturated heterocycles. The number of aryl methyl sites for hydroxylation is 1. The molecule has 0 radical (unpaired) electrons. The van der Waals surface area contributed by atoms with E-state index in [9.17, 15) is 9.59 Å². The lowest BCUT2D eigenvalue weighted by atomic mass is 10.1. The number of oxazole rings is 1. The highest BCUT2D eigenvalue weighted by molar-refractivity contribution is 6.04. The van der Waals surface area contributed by atoms with Crippen LogP contribution >= 0.6 is 0 Å². The lowest BCUT2D eigenvalue weighted by molar-refractivity contribution is 0.102. The van der Waals surface area contributed by atoms with Gasteiger partial charge in [-0.15, -0.1) is 0 Å². The average Bonchev–Trinajstić information content (AvgIpc) is 3.29. The molecule has 7 heteroatoms. The Morgan fingerprint density at radius 3 is 2.27 bits per heavy atom. The van der Waals surface area contributed by atoms with E-state index < -0.39 is 0 Å². The summed E-state index contributed by atoms with van der Waals surface area (Å²) in [5.41, 5.74) is 4.66. The van der Waals surface area contributed by atoms with Crippen molar-refractivity contribution in [2.24, 2.45) is 0 Å². The summed E-state index contributed by atoms with van der Waals surface area (Å²) in [6.07, 6.45) is 2.15. The number of amides is 3. The van der Waals surface area contributed by atoms with Crippen LogP contribution in [-0.2, 0) is 6.42 Å². The second-order valence-corrected chi connectivity index (χ2v) is 7.54. The summed E-state index contributed by atoms with van der Waals surface area (Å²) in [5, 5.41) is 8.37. The molecule has 0 spiro atoms. The fraction of sp³-hybridized carbons (Fsp3) is 0.115. The van der Waals surface area contributed by atoms with Gasteiger partial charge in [-0.2, -0.15) is 0 Å². The first-order valence-corrected chi connectivity index (χ1v) is 10.6. The first-order valence-electron chi connectivity index (χ1n) is 10.6. The molecule has 0 atom stereocenters. The molecule has 0 bridgehead atoms. The number of carbonyl (C=O) groups is 2. The minimum atomic E-state index is -0.334. The summed E-state index contributed by atoms with van der Waals surface area (Å²) in [6, 6.07) is 23.5. The Hall–Kier alpha value is -4.39. The maximum absolute atomic E-state index is 12.3. The molecule has 0 saturated carbocycles. The van der Waals surface area contributed by atoms with E-state index in [0.29, 0.717) is 30.1 Å². The fourth-order valence-electron chi connectivity index (χ4n) is 3.16. The third kappa shape index (κ3) is 6.07. The normalized spacial score (nSPS) is 10.5. The van der Waals surface area contributed by atoms with E-state index in [-0.39, 0.29) is 11.9 Å². The number of urea groups is 1.